The third-order valence-corrected chi connectivity index (χ3v) is 7.11. The summed E-state index contributed by atoms with van der Waals surface area (Å²) in [5.74, 6) is 7.40. The van der Waals surface area contributed by atoms with Crippen molar-refractivity contribution in [3.63, 3.8) is 0 Å². The molecule has 1 rings (SSSR count). The lowest BCUT2D eigenvalue weighted by molar-refractivity contribution is 0.0701. The van der Waals surface area contributed by atoms with Gasteiger partial charge < -0.3 is 30.1 Å². The van der Waals surface area contributed by atoms with Gasteiger partial charge >= 0.3 is 8.80 Å². The predicted molar refractivity (Wildman–Crippen MR) is 113 cm³/mol. The zero-order chi connectivity index (χ0) is 20.8. The predicted octanol–water partition coefficient (Wildman–Crippen LogP) is -0.861. The summed E-state index contributed by atoms with van der Waals surface area (Å²) < 4.78 is 17.8. The SMILES string of the molecule is CCO[Si](CCCC1NC(=NCCN)NC(=NCCN)N1N)(OCC)OCC. The maximum Gasteiger partial charge on any atom is 0.500 e. The first kappa shape index (κ1) is 24.8. The van der Waals surface area contributed by atoms with Gasteiger partial charge in [-0.15, -0.1) is 0 Å². The van der Waals surface area contributed by atoms with E-state index in [1.54, 1.807) is 5.01 Å². The fraction of sp³-hybridized carbons (Fsp3) is 0.875. The number of nitrogens with two attached hydrogens (primary N) is 3. The quantitative estimate of drug-likeness (QED) is 0.179. The van der Waals surface area contributed by atoms with E-state index in [-0.39, 0.29) is 6.17 Å². The lowest BCUT2D eigenvalue weighted by atomic mass is 10.2. The number of hydrogen-bond acceptors (Lipinski definition) is 8. The number of aliphatic imine (C=N–C) groups is 2. The molecule has 1 unspecified atom stereocenters. The number of hydrogen-bond donors (Lipinski definition) is 5. The fourth-order valence-electron chi connectivity index (χ4n) is 2.86. The van der Waals surface area contributed by atoms with Crippen molar-refractivity contribution in [1.82, 2.24) is 15.6 Å². The van der Waals surface area contributed by atoms with E-state index in [2.05, 4.69) is 20.6 Å². The van der Waals surface area contributed by atoms with Gasteiger partial charge in [0, 0.05) is 39.0 Å². The molecule has 0 bridgehead atoms. The van der Waals surface area contributed by atoms with E-state index in [9.17, 15) is 0 Å². The third kappa shape index (κ3) is 7.99. The molecule has 11 nitrogen and oxygen atoms in total. The largest absolute Gasteiger partial charge is 0.500 e. The molecule has 8 N–H and O–H groups in total. The Hall–Kier alpha value is -1.28. The Morgan fingerprint density at radius 1 is 1.00 bits per heavy atom. The van der Waals surface area contributed by atoms with Crippen LogP contribution in [0.3, 0.4) is 0 Å². The van der Waals surface area contributed by atoms with E-state index in [1.165, 1.54) is 0 Å². The maximum atomic E-state index is 6.26. The highest BCUT2D eigenvalue weighted by Crippen LogP contribution is 2.20. The zero-order valence-corrected chi connectivity index (χ0v) is 18.4. The van der Waals surface area contributed by atoms with Crippen molar-refractivity contribution in [3.05, 3.63) is 0 Å². The molecular formula is C16H38N8O3Si. The standard InChI is InChI=1S/C16H38N8O3Si/c1-4-25-28(26-5-2,27-6-3)13-7-8-14-22-15(20-11-9-17)23-16(24(14)19)21-12-10-18/h14H,4-13,17-19H2,1-3H3,(H2,20,21,22,23). The van der Waals surface area contributed by atoms with Crippen molar-refractivity contribution in [1.29, 1.82) is 0 Å². The van der Waals surface area contributed by atoms with Gasteiger partial charge in [-0.2, -0.15) is 0 Å². The van der Waals surface area contributed by atoms with E-state index in [0.29, 0.717) is 64.0 Å². The fourth-order valence-corrected chi connectivity index (χ4v) is 5.50. The molecule has 164 valence electrons. The first-order valence-electron chi connectivity index (χ1n) is 10.0. The van der Waals surface area contributed by atoms with Crippen LogP contribution in [-0.4, -0.2) is 77.9 Å². The van der Waals surface area contributed by atoms with Gasteiger partial charge in [0.2, 0.25) is 5.96 Å². The highest BCUT2D eigenvalue weighted by Gasteiger charge is 2.40. The van der Waals surface area contributed by atoms with Crippen LogP contribution in [-0.2, 0) is 13.3 Å². The summed E-state index contributed by atoms with van der Waals surface area (Å²) >= 11 is 0. The van der Waals surface area contributed by atoms with Gasteiger partial charge in [-0.3, -0.25) is 20.3 Å². The van der Waals surface area contributed by atoms with Gasteiger partial charge in [0.1, 0.15) is 6.17 Å². The molecular weight excluding hydrogens is 380 g/mol. The monoisotopic (exact) mass is 418 g/mol. The van der Waals surface area contributed by atoms with Crippen molar-refractivity contribution >= 4 is 20.7 Å². The third-order valence-electron chi connectivity index (χ3n) is 3.96. The normalized spacial score (nSPS) is 20.5. The molecule has 0 aliphatic carbocycles. The second-order valence-corrected chi connectivity index (χ2v) is 8.81. The van der Waals surface area contributed by atoms with Crippen LogP contribution in [0.4, 0.5) is 0 Å². The molecule has 0 aromatic heterocycles. The van der Waals surface area contributed by atoms with Crippen LogP contribution < -0.4 is 27.9 Å². The van der Waals surface area contributed by atoms with Crippen molar-refractivity contribution in [2.45, 2.75) is 45.8 Å². The topological polar surface area (TPSA) is 158 Å². The molecule has 0 radical (unpaired) electrons. The number of guanidine groups is 2. The van der Waals surface area contributed by atoms with Gasteiger partial charge in [0.25, 0.3) is 0 Å². The van der Waals surface area contributed by atoms with Crippen molar-refractivity contribution in [2.24, 2.45) is 27.3 Å². The molecule has 0 saturated carbocycles. The Balaban J connectivity index is 2.79. The Bertz CT molecular complexity index is 477. The van der Waals surface area contributed by atoms with Crippen LogP contribution >= 0.6 is 0 Å². The van der Waals surface area contributed by atoms with Gasteiger partial charge in [0.15, 0.2) is 5.96 Å². The lowest BCUT2D eigenvalue weighted by Gasteiger charge is -2.37. The van der Waals surface area contributed by atoms with E-state index in [4.69, 9.17) is 30.6 Å². The molecule has 1 fully saturated rings. The average Bonchev–Trinajstić information content (AvgIpc) is 2.67. The van der Waals surface area contributed by atoms with Crippen molar-refractivity contribution < 1.29 is 13.3 Å². The Kier molecular flexibility index (Phi) is 12.2. The van der Waals surface area contributed by atoms with Gasteiger partial charge in [-0.05, 0) is 33.6 Å². The molecule has 0 aromatic rings. The molecule has 1 heterocycles. The number of nitrogens with zero attached hydrogens (tertiary/aromatic N) is 3. The molecule has 1 saturated heterocycles. The lowest BCUT2D eigenvalue weighted by Crippen LogP contribution is -2.67. The average molecular weight is 419 g/mol. The van der Waals surface area contributed by atoms with E-state index in [0.717, 1.165) is 12.8 Å². The van der Waals surface area contributed by atoms with Crippen LogP contribution in [0.2, 0.25) is 6.04 Å². The van der Waals surface area contributed by atoms with Crippen molar-refractivity contribution in [3.8, 4) is 0 Å². The molecule has 0 aromatic carbocycles. The van der Waals surface area contributed by atoms with Gasteiger partial charge in [-0.25, -0.2) is 5.84 Å². The second-order valence-electron chi connectivity index (χ2n) is 6.08. The Morgan fingerprint density at radius 2 is 1.57 bits per heavy atom. The van der Waals surface area contributed by atoms with Gasteiger partial charge in [0.05, 0.1) is 13.1 Å². The highest BCUT2D eigenvalue weighted by atomic mass is 28.4. The summed E-state index contributed by atoms with van der Waals surface area (Å²) in [5.41, 5.74) is 11.1. The summed E-state index contributed by atoms with van der Waals surface area (Å²) in [6.07, 6.45) is 1.38. The number of nitrogens with one attached hydrogen (secondary N) is 2. The minimum atomic E-state index is -2.67. The maximum absolute atomic E-state index is 6.26. The summed E-state index contributed by atoms with van der Waals surface area (Å²) in [6, 6.07) is 0.715. The highest BCUT2D eigenvalue weighted by molar-refractivity contribution is 6.60. The van der Waals surface area contributed by atoms with Crippen LogP contribution in [0.5, 0.6) is 0 Å². The number of rotatable bonds is 14. The first-order valence-corrected chi connectivity index (χ1v) is 12.0. The molecule has 0 spiro atoms. The van der Waals surface area contributed by atoms with E-state index < -0.39 is 8.80 Å². The Labute approximate surface area is 169 Å². The molecule has 1 aliphatic rings. The van der Waals surface area contributed by atoms with Gasteiger partial charge in [-0.1, -0.05) is 0 Å². The second kappa shape index (κ2) is 13.8. The smallest absolute Gasteiger partial charge is 0.374 e. The molecule has 1 atom stereocenters. The minimum absolute atomic E-state index is 0.175. The summed E-state index contributed by atoms with van der Waals surface area (Å²) in [4.78, 5) is 8.80. The van der Waals surface area contributed by atoms with Crippen molar-refractivity contribution in [2.75, 3.05) is 46.0 Å². The summed E-state index contributed by atoms with van der Waals surface area (Å²) in [5, 5.41) is 7.95. The summed E-state index contributed by atoms with van der Waals surface area (Å²) in [6.45, 7) is 9.43. The van der Waals surface area contributed by atoms with Crippen LogP contribution in [0.25, 0.3) is 0 Å². The molecule has 12 heteroatoms. The van der Waals surface area contributed by atoms with E-state index >= 15 is 0 Å². The minimum Gasteiger partial charge on any atom is -0.374 e. The summed E-state index contributed by atoms with van der Waals surface area (Å²) in [7, 11) is -2.67. The zero-order valence-electron chi connectivity index (χ0n) is 17.4. The number of hydrazine groups is 1. The van der Waals surface area contributed by atoms with E-state index in [1.807, 2.05) is 20.8 Å². The van der Waals surface area contributed by atoms with Crippen LogP contribution in [0, 0.1) is 0 Å². The molecule has 1 aliphatic heterocycles. The van der Waals surface area contributed by atoms with Crippen LogP contribution in [0.1, 0.15) is 33.6 Å². The Morgan fingerprint density at radius 3 is 2.11 bits per heavy atom. The van der Waals surface area contributed by atoms with Crippen LogP contribution in [0.15, 0.2) is 9.98 Å². The first-order chi connectivity index (χ1) is 13.6. The molecule has 0 amide bonds. The molecule has 28 heavy (non-hydrogen) atoms.